The first-order chi connectivity index (χ1) is 20.0. The molecule has 5 aliphatic carbocycles. The van der Waals surface area contributed by atoms with Crippen molar-refractivity contribution in [2.24, 2.45) is 17.8 Å². The van der Waals surface area contributed by atoms with Crippen LogP contribution in [0.1, 0.15) is 89.2 Å². The van der Waals surface area contributed by atoms with E-state index in [0.29, 0.717) is 0 Å². The second-order valence-electron chi connectivity index (χ2n) is 14.8. The third-order valence-electron chi connectivity index (χ3n) is 11.0. The van der Waals surface area contributed by atoms with Crippen molar-refractivity contribution in [3.8, 4) is 0 Å². The zero-order chi connectivity index (χ0) is 30.5. The molecule has 0 amide bonds. The molecule has 0 heterocycles. The van der Waals surface area contributed by atoms with E-state index in [2.05, 4.69) is 99.1 Å². The number of fused-ring (bicyclic) bond motifs is 2. The molecule has 6 rings (SSSR count). The molecule has 0 bridgehead atoms. The molecule has 0 aliphatic heterocycles. The van der Waals surface area contributed by atoms with Crippen LogP contribution in [0.4, 0.5) is 0 Å². The molecule has 3 atom stereocenters. The molecular formula is C36H59Cl2N2Si2Ti-. The standard InChI is InChI=1S/C18H31NSi.C17H25NSi.CH3.2ClH.Ti/c1-14-12-15-8-7-11-18(17(15)13-14)20(3,4)19(2)16-9-5-6-10-16;1-13-11-14-7-6-10-17(16(14)12-13)19(2,3)18-15-8-4-5-9-15;;;;/h7-8,11,14-17H,5-6,9-10,12-13H2,1-4H3;6-7,10-11,15,18H,4-5,8-9,12H2,1-3H3;1H3;2*1H;/q;;-1;;;+2/p-2. The summed E-state index contributed by atoms with van der Waals surface area (Å²) < 4.78 is 2.82. The van der Waals surface area contributed by atoms with Gasteiger partial charge in [-0.2, -0.15) is 0 Å². The molecule has 0 spiro atoms. The van der Waals surface area contributed by atoms with Crippen LogP contribution in [0.3, 0.4) is 0 Å². The van der Waals surface area contributed by atoms with Crippen molar-refractivity contribution in [2.45, 2.75) is 123 Å². The van der Waals surface area contributed by atoms with Gasteiger partial charge in [0, 0.05) is 12.1 Å². The van der Waals surface area contributed by atoms with Gasteiger partial charge in [0.15, 0.2) is 8.24 Å². The van der Waals surface area contributed by atoms with Crippen LogP contribution >= 0.6 is 18.6 Å². The Morgan fingerprint density at radius 2 is 1.58 bits per heavy atom. The average Bonchev–Trinajstić information content (AvgIpc) is 3.74. The number of rotatable bonds is 6. The van der Waals surface area contributed by atoms with E-state index in [1.807, 2.05) is 5.20 Å². The number of allylic oxidation sites excluding steroid dienone is 5. The molecule has 1 aromatic rings. The summed E-state index contributed by atoms with van der Waals surface area (Å²) in [6, 6.07) is 8.53. The molecule has 0 saturated heterocycles. The van der Waals surface area contributed by atoms with Crippen LogP contribution in [0.2, 0.25) is 26.2 Å². The molecule has 0 radical (unpaired) electrons. The third kappa shape index (κ3) is 9.34. The Morgan fingerprint density at radius 1 is 0.953 bits per heavy atom. The molecule has 2 nitrogen and oxygen atoms in total. The van der Waals surface area contributed by atoms with E-state index in [4.69, 9.17) is 18.6 Å². The summed E-state index contributed by atoms with van der Waals surface area (Å²) >= 11 is -0.556. The number of nitrogens with one attached hydrogen (secondary N) is 1. The Balaban J connectivity index is 0.000000212. The minimum atomic E-state index is -1.51. The monoisotopic (exact) mass is 693 g/mol. The molecule has 3 fully saturated rings. The van der Waals surface area contributed by atoms with Crippen LogP contribution in [0, 0.1) is 25.2 Å². The Bertz CT molecular complexity index is 1140. The fraction of sp³-hybridized carbons (Fsp3) is 0.639. The van der Waals surface area contributed by atoms with Gasteiger partial charge in [0.05, 0.1) is 0 Å². The van der Waals surface area contributed by atoms with E-state index in [9.17, 15) is 0 Å². The zero-order valence-corrected chi connectivity index (χ0v) is 33.5. The summed E-state index contributed by atoms with van der Waals surface area (Å²) in [5.74, 6) is 2.62. The quantitative estimate of drug-likeness (QED) is 0.236. The molecule has 3 saturated carbocycles. The number of hydrogen-bond donors (Lipinski definition) is 1. The van der Waals surface area contributed by atoms with Crippen molar-refractivity contribution in [3.05, 3.63) is 65.8 Å². The fourth-order valence-corrected chi connectivity index (χ4v) is 15.0. The minimum absolute atomic E-state index is 0. The number of hydrogen-bond acceptors (Lipinski definition) is 2. The summed E-state index contributed by atoms with van der Waals surface area (Å²) in [5.41, 5.74) is 4.57. The Hall–Kier alpha value is 0.0881. The van der Waals surface area contributed by atoms with E-state index >= 15 is 0 Å². The maximum absolute atomic E-state index is 4.89. The number of nitrogens with zero attached hydrogens (tertiary/aromatic N) is 1. The molecule has 1 N–H and O–H groups in total. The third-order valence-corrected chi connectivity index (χ3v) is 18.0. The van der Waals surface area contributed by atoms with E-state index < -0.39 is 33.5 Å². The van der Waals surface area contributed by atoms with Crippen LogP contribution in [-0.4, -0.2) is 40.2 Å². The predicted molar refractivity (Wildman–Crippen MR) is 195 cm³/mol. The van der Waals surface area contributed by atoms with Crippen molar-refractivity contribution >= 4 is 46.3 Å². The van der Waals surface area contributed by atoms with Crippen molar-refractivity contribution in [1.29, 1.82) is 0 Å². The van der Waals surface area contributed by atoms with Gasteiger partial charge in [-0.3, -0.25) is 0 Å². The Morgan fingerprint density at radius 3 is 2.23 bits per heavy atom. The van der Waals surface area contributed by atoms with E-state index in [0.717, 1.165) is 36.3 Å². The van der Waals surface area contributed by atoms with E-state index in [-0.39, 0.29) is 7.43 Å². The van der Waals surface area contributed by atoms with Gasteiger partial charge >= 0.3 is 35.6 Å². The van der Waals surface area contributed by atoms with Gasteiger partial charge in [-0.1, -0.05) is 112 Å². The van der Waals surface area contributed by atoms with Crippen molar-refractivity contribution < 1.29 is 17.0 Å². The van der Waals surface area contributed by atoms with Crippen LogP contribution < -0.4 is 10.2 Å². The topological polar surface area (TPSA) is 15.3 Å². The van der Waals surface area contributed by atoms with E-state index in [1.165, 1.54) is 75.3 Å². The van der Waals surface area contributed by atoms with Gasteiger partial charge in [-0.05, 0) is 93.0 Å². The first kappa shape index (κ1) is 37.5. The Labute approximate surface area is 284 Å². The summed E-state index contributed by atoms with van der Waals surface area (Å²) in [4.78, 5) is 4.03. The number of benzene rings is 1. The number of halogens is 2. The summed E-state index contributed by atoms with van der Waals surface area (Å²) in [5, 5.41) is 3.47. The summed E-state index contributed by atoms with van der Waals surface area (Å²) in [6.45, 7) is 14.8. The van der Waals surface area contributed by atoms with Gasteiger partial charge in [-0.15, -0.1) is 0 Å². The van der Waals surface area contributed by atoms with Crippen LogP contribution in [0.25, 0.3) is 6.08 Å². The molecule has 1 aromatic carbocycles. The van der Waals surface area contributed by atoms with Gasteiger partial charge < -0.3 is 17.0 Å². The molecule has 0 aromatic heterocycles. The first-order valence-electron chi connectivity index (χ1n) is 16.6. The second-order valence-corrected chi connectivity index (χ2v) is 25.9. The van der Waals surface area contributed by atoms with Crippen molar-refractivity contribution in [2.75, 3.05) is 7.05 Å². The summed E-state index contributed by atoms with van der Waals surface area (Å²) in [6.07, 6.45) is 25.0. The maximum atomic E-state index is 4.89. The van der Waals surface area contributed by atoms with Gasteiger partial charge in [0.1, 0.15) is 8.24 Å². The van der Waals surface area contributed by atoms with Crippen molar-refractivity contribution in [3.63, 3.8) is 0 Å². The van der Waals surface area contributed by atoms with E-state index in [1.54, 1.807) is 10.8 Å². The summed E-state index contributed by atoms with van der Waals surface area (Å²) in [7, 11) is 9.25. The molecule has 240 valence electrons. The zero-order valence-electron chi connectivity index (χ0n) is 28.4. The van der Waals surface area contributed by atoms with Crippen LogP contribution in [0.15, 0.2) is 47.2 Å². The van der Waals surface area contributed by atoms with Crippen LogP contribution in [0.5, 0.6) is 0 Å². The Kier molecular flexibility index (Phi) is 14.6. The van der Waals surface area contributed by atoms with Gasteiger partial charge in [0.25, 0.3) is 0 Å². The van der Waals surface area contributed by atoms with Gasteiger partial charge in [0.2, 0.25) is 0 Å². The second kappa shape index (κ2) is 16.8. The first-order valence-corrected chi connectivity index (χ1v) is 26.9. The van der Waals surface area contributed by atoms with Crippen LogP contribution in [-0.2, 0) is 23.5 Å². The normalized spacial score (nSPS) is 25.1. The molecule has 3 unspecified atom stereocenters. The van der Waals surface area contributed by atoms with Gasteiger partial charge in [-0.25, -0.2) is 0 Å². The fourth-order valence-electron chi connectivity index (χ4n) is 8.71. The molecular weight excluding hydrogens is 635 g/mol. The SMILES string of the molecule is CC1=Cc2cccc([Si](C)(C)NC3CCCC3)c2C1.CC1CC2C=CC=C([Si](C)(C)N(C)C3CCCC3)C2C1.[CH3-].[Cl][Ti][Cl]. The average molecular weight is 695 g/mol. The predicted octanol–water partition coefficient (Wildman–Crippen LogP) is 10.2. The molecule has 5 aliphatic rings. The molecule has 7 heteroatoms. The molecule has 43 heavy (non-hydrogen) atoms. The van der Waals surface area contributed by atoms with Crippen molar-refractivity contribution in [1.82, 2.24) is 9.55 Å².